The molecule has 2 amide bonds. The van der Waals surface area contributed by atoms with Crippen LogP contribution >= 0.6 is 0 Å². The number of piperazine rings is 1. The van der Waals surface area contributed by atoms with Crippen molar-refractivity contribution in [1.29, 1.82) is 0 Å². The average molecular weight is 430 g/mol. The molecule has 2 aromatic carbocycles. The number of benzene rings is 2. The number of carbonyl (C=O) groups excluding carboxylic acids is 2. The first kappa shape index (κ1) is 22.0. The summed E-state index contributed by atoms with van der Waals surface area (Å²) in [6.45, 7) is 6.37. The van der Waals surface area contributed by atoms with E-state index in [4.69, 9.17) is 0 Å². The van der Waals surface area contributed by atoms with Crippen molar-refractivity contribution in [2.24, 2.45) is 0 Å². The van der Waals surface area contributed by atoms with Crippen LogP contribution in [0.1, 0.15) is 26.3 Å². The standard InChI is InChI=1S/C22H27N3O4S/c1-22(2,3)17-9-11-19(12-10-17)30(28,29)25-14-13-24(16-26)20(15-25)21(27)23-18-7-5-4-6-8-18/h4-12,16,20H,13-15H2,1-3H3,(H,23,27)/t20-/m0/s1. The van der Waals surface area contributed by atoms with Crippen LogP contribution in [0.2, 0.25) is 0 Å². The van der Waals surface area contributed by atoms with E-state index in [-0.39, 0.29) is 29.9 Å². The largest absolute Gasteiger partial charge is 0.331 e. The molecule has 30 heavy (non-hydrogen) atoms. The van der Waals surface area contributed by atoms with Crippen molar-refractivity contribution in [3.8, 4) is 0 Å². The smallest absolute Gasteiger partial charge is 0.248 e. The van der Waals surface area contributed by atoms with E-state index in [1.165, 1.54) is 9.21 Å². The number of nitrogens with one attached hydrogen (secondary N) is 1. The second kappa shape index (κ2) is 8.57. The molecule has 2 aromatic rings. The van der Waals surface area contributed by atoms with Crippen LogP contribution in [0.4, 0.5) is 5.69 Å². The molecule has 0 unspecified atom stereocenters. The Labute approximate surface area is 177 Å². The molecule has 1 heterocycles. The molecular formula is C22H27N3O4S. The maximum Gasteiger partial charge on any atom is 0.248 e. The highest BCUT2D eigenvalue weighted by Crippen LogP contribution is 2.26. The molecule has 3 rings (SSSR count). The van der Waals surface area contributed by atoms with Crippen LogP contribution in [-0.4, -0.2) is 55.6 Å². The van der Waals surface area contributed by atoms with Gasteiger partial charge in [0.05, 0.1) is 4.90 Å². The van der Waals surface area contributed by atoms with Gasteiger partial charge in [0.25, 0.3) is 0 Å². The normalized spacial score (nSPS) is 18.1. The van der Waals surface area contributed by atoms with E-state index in [0.717, 1.165) is 5.56 Å². The number of amides is 2. The summed E-state index contributed by atoms with van der Waals surface area (Å²) in [6.07, 6.45) is 0.595. The van der Waals surface area contributed by atoms with Gasteiger partial charge >= 0.3 is 0 Å². The number of rotatable bonds is 5. The number of hydrogen-bond acceptors (Lipinski definition) is 4. The van der Waals surface area contributed by atoms with Gasteiger partial charge in [-0.05, 0) is 35.2 Å². The molecule has 8 heteroatoms. The Morgan fingerprint density at radius 2 is 1.67 bits per heavy atom. The molecule has 1 aliphatic rings. The van der Waals surface area contributed by atoms with Crippen molar-refractivity contribution >= 4 is 28.0 Å². The quantitative estimate of drug-likeness (QED) is 0.740. The fourth-order valence-electron chi connectivity index (χ4n) is 3.37. The van der Waals surface area contributed by atoms with Crippen LogP contribution in [0, 0.1) is 0 Å². The van der Waals surface area contributed by atoms with E-state index >= 15 is 0 Å². The maximum atomic E-state index is 13.2. The van der Waals surface area contributed by atoms with E-state index in [9.17, 15) is 18.0 Å². The molecule has 1 aliphatic heterocycles. The lowest BCUT2D eigenvalue weighted by Gasteiger charge is -2.37. The third-order valence-electron chi connectivity index (χ3n) is 5.22. The van der Waals surface area contributed by atoms with Gasteiger partial charge in [-0.2, -0.15) is 4.31 Å². The minimum absolute atomic E-state index is 0.0848. The third-order valence-corrected chi connectivity index (χ3v) is 7.10. The monoisotopic (exact) mass is 429 g/mol. The topological polar surface area (TPSA) is 86.8 Å². The number of para-hydroxylation sites is 1. The fourth-order valence-corrected chi connectivity index (χ4v) is 4.81. The van der Waals surface area contributed by atoms with Crippen LogP contribution in [0.5, 0.6) is 0 Å². The Morgan fingerprint density at radius 1 is 1.03 bits per heavy atom. The zero-order chi connectivity index (χ0) is 21.9. The Kier molecular flexibility index (Phi) is 6.28. The number of hydrogen-bond donors (Lipinski definition) is 1. The summed E-state index contributed by atoms with van der Waals surface area (Å²) in [5.74, 6) is -0.420. The SMILES string of the molecule is CC(C)(C)c1ccc(S(=O)(=O)N2CCN(C=O)[C@H](C(=O)Nc3ccccc3)C2)cc1. The highest BCUT2D eigenvalue weighted by molar-refractivity contribution is 7.89. The first-order chi connectivity index (χ1) is 14.1. The number of nitrogens with zero attached hydrogens (tertiary/aromatic N) is 2. The van der Waals surface area contributed by atoms with Crippen molar-refractivity contribution in [3.63, 3.8) is 0 Å². The van der Waals surface area contributed by atoms with Crippen molar-refractivity contribution in [1.82, 2.24) is 9.21 Å². The van der Waals surface area contributed by atoms with Crippen molar-refractivity contribution in [2.45, 2.75) is 37.1 Å². The third kappa shape index (κ3) is 4.71. The van der Waals surface area contributed by atoms with Crippen LogP contribution in [0.3, 0.4) is 0 Å². The fraction of sp³-hybridized carbons (Fsp3) is 0.364. The van der Waals surface area contributed by atoms with Crippen molar-refractivity contribution in [2.75, 3.05) is 25.0 Å². The Hall–Kier alpha value is -2.71. The lowest BCUT2D eigenvalue weighted by atomic mass is 9.87. The van der Waals surface area contributed by atoms with E-state index < -0.39 is 22.0 Å². The molecule has 7 nitrogen and oxygen atoms in total. The number of sulfonamides is 1. The zero-order valence-electron chi connectivity index (χ0n) is 17.4. The summed E-state index contributed by atoms with van der Waals surface area (Å²) >= 11 is 0. The Bertz CT molecular complexity index is 999. The van der Waals surface area contributed by atoms with Gasteiger partial charge in [-0.15, -0.1) is 0 Å². The van der Waals surface area contributed by atoms with Gasteiger partial charge in [0, 0.05) is 25.3 Å². The number of anilines is 1. The van der Waals surface area contributed by atoms with Gasteiger partial charge in [-0.25, -0.2) is 8.42 Å². The zero-order valence-corrected chi connectivity index (χ0v) is 18.2. The highest BCUT2D eigenvalue weighted by atomic mass is 32.2. The minimum atomic E-state index is -3.78. The molecule has 0 aliphatic carbocycles. The van der Waals surface area contributed by atoms with Crippen LogP contribution in [0.25, 0.3) is 0 Å². The van der Waals surface area contributed by atoms with Crippen LogP contribution in [-0.2, 0) is 25.0 Å². The molecule has 0 radical (unpaired) electrons. The lowest BCUT2D eigenvalue weighted by molar-refractivity contribution is -0.131. The Morgan fingerprint density at radius 3 is 2.23 bits per heavy atom. The van der Waals surface area contributed by atoms with Gasteiger partial charge < -0.3 is 10.2 Å². The van der Waals surface area contributed by atoms with E-state index in [1.807, 2.05) is 18.2 Å². The maximum absolute atomic E-state index is 13.2. The summed E-state index contributed by atoms with van der Waals surface area (Å²) in [5.41, 5.74) is 1.54. The molecule has 0 aromatic heterocycles. The van der Waals surface area contributed by atoms with E-state index in [1.54, 1.807) is 36.4 Å². The molecule has 0 spiro atoms. The summed E-state index contributed by atoms with van der Waals surface area (Å²) in [4.78, 5) is 25.7. The van der Waals surface area contributed by atoms with Gasteiger partial charge in [0.1, 0.15) is 6.04 Å². The van der Waals surface area contributed by atoms with Crippen molar-refractivity contribution < 1.29 is 18.0 Å². The second-order valence-electron chi connectivity index (χ2n) is 8.35. The predicted octanol–water partition coefficient (Wildman–Crippen LogP) is 2.45. The van der Waals surface area contributed by atoms with Gasteiger partial charge in [0.2, 0.25) is 22.3 Å². The molecular weight excluding hydrogens is 402 g/mol. The summed E-state index contributed by atoms with van der Waals surface area (Å²) in [6, 6.07) is 14.8. The molecule has 0 saturated carbocycles. The molecule has 1 saturated heterocycles. The first-order valence-corrected chi connectivity index (χ1v) is 11.2. The second-order valence-corrected chi connectivity index (χ2v) is 10.3. The summed E-state index contributed by atoms with van der Waals surface area (Å²) in [7, 11) is -3.78. The highest BCUT2D eigenvalue weighted by Gasteiger charge is 2.37. The van der Waals surface area contributed by atoms with Gasteiger partial charge in [0.15, 0.2) is 0 Å². The number of carbonyl (C=O) groups is 2. The summed E-state index contributed by atoms with van der Waals surface area (Å²) in [5, 5.41) is 2.75. The molecule has 160 valence electrons. The minimum Gasteiger partial charge on any atom is -0.331 e. The van der Waals surface area contributed by atoms with Gasteiger partial charge in [-0.3, -0.25) is 9.59 Å². The average Bonchev–Trinajstić information content (AvgIpc) is 2.73. The Balaban J connectivity index is 1.80. The molecule has 1 atom stereocenters. The molecule has 0 bridgehead atoms. The van der Waals surface area contributed by atoms with E-state index in [2.05, 4.69) is 26.1 Å². The first-order valence-electron chi connectivity index (χ1n) is 9.80. The van der Waals surface area contributed by atoms with Gasteiger partial charge in [-0.1, -0.05) is 51.1 Å². The van der Waals surface area contributed by atoms with E-state index in [0.29, 0.717) is 12.1 Å². The van der Waals surface area contributed by atoms with Crippen LogP contribution < -0.4 is 5.32 Å². The lowest BCUT2D eigenvalue weighted by Crippen LogP contribution is -2.58. The van der Waals surface area contributed by atoms with Crippen molar-refractivity contribution in [3.05, 3.63) is 60.2 Å². The van der Waals surface area contributed by atoms with Crippen LogP contribution in [0.15, 0.2) is 59.5 Å². The summed E-state index contributed by atoms with van der Waals surface area (Å²) < 4.78 is 27.6. The predicted molar refractivity (Wildman–Crippen MR) is 116 cm³/mol. The molecule has 1 N–H and O–H groups in total. The molecule has 1 fully saturated rings.